The van der Waals surface area contributed by atoms with Crippen LogP contribution in [0.3, 0.4) is 0 Å². The summed E-state index contributed by atoms with van der Waals surface area (Å²) >= 11 is 0. The van der Waals surface area contributed by atoms with E-state index in [0.717, 1.165) is 19.4 Å². The van der Waals surface area contributed by atoms with E-state index in [1.54, 1.807) is 4.90 Å². The van der Waals surface area contributed by atoms with E-state index in [9.17, 15) is 18.3 Å². The normalized spacial score (nSPS) is 29.7. The van der Waals surface area contributed by atoms with Crippen LogP contribution in [-0.4, -0.2) is 67.8 Å². The Kier molecular flexibility index (Phi) is 6.28. The molecule has 0 aromatic heterocycles. The van der Waals surface area contributed by atoms with E-state index in [0.29, 0.717) is 19.6 Å². The van der Waals surface area contributed by atoms with Gasteiger partial charge in [-0.3, -0.25) is 0 Å². The molecule has 2 saturated heterocycles. The lowest BCUT2D eigenvalue weighted by atomic mass is 9.97. The van der Waals surface area contributed by atoms with Crippen LogP contribution in [0.25, 0.3) is 0 Å². The molecule has 7 heteroatoms. The summed E-state index contributed by atoms with van der Waals surface area (Å²) in [4.78, 5) is 1.68. The van der Waals surface area contributed by atoms with E-state index in [1.807, 2.05) is 0 Å². The third kappa shape index (κ3) is 5.73. The maximum atomic E-state index is 12.7. The van der Waals surface area contributed by atoms with E-state index in [4.69, 9.17) is 9.47 Å². The zero-order valence-corrected chi connectivity index (χ0v) is 12.1. The largest absolute Gasteiger partial charge is 0.393 e. The summed E-state index contributed by atoms with van der Waals surface area (Å²) in [5.41, 5.74) is 0. The number of alkyl halides is 3. The summed E-state index contributed by atoms with van der Waals surface area (Å²) in [5.74, 6) is -1.27. The molecule has 2 heterocycles. The zero-order chi connectivity index (χ0) is 15.3. The quantitative estimate of drug-likeness (QED) is 0.812. The second-order valence-corrected chi connectivity index (χ2v) is 5.97. The standard InChI is InChI=1S/C14H24F3NO3/c15-14(16,17)11-3-1-5-18(7-11)8-12(19)9-20-10-13-4-2-6-21-13/h11-13,19H,1-10H2. The molecule has 0 bridgehead atoms. The van der Waals surface area contributed by atoms with Gasteiger partial charge < -0.3 is 19.5 Å². The van der Waals surface area contributed by atoms with Gasteiger partial charge in [0.1, 0.15) is 0 Å². The Bertz CT molecular complexity index is 308. The molecule has 2 aliphatic rings. The van der Waals surface area contributed by atoms with Gasteiger partial charge >= 0.3 is 6.18 Å². The molecule has 2 aliphatic heterocycles. The summed E-state index contributed by atoms with van der Waals surface area (Å²) in [5, 5.41) is 9.88. The van der Waals surface area contributed by atoms with E-state index in [-0.39, 0.29) is 32.2 Å². The highest BCUT2D eigenvalue weighted by atomic mass is 19.4. The molecule has 0 aromatic carbocycles. The van der Waals surface area contributed by atoms with Gasteiger partial charge in [-0.2, -0.15) is 13.2 Å². The second-order valence-electron chi connectivity index (χ2n) is 5.97. The Morgan fingerprint density at radius 2 is 2.10 bits per heavy atom. The Morgan fingerprint density at radius 3 is 2.76 bits per heavy atom. The average Bonchev–Trinajstić information content (AvgIpc) is 2.91. The van der Waals surface area contributed by atoms with Crippen molar-refractivity contribution in [3.63, 3.8) is 0 Å². The van der Waals surface area contributed by atoms with Crippen molar-refractivity contribution in [1.82, 2.24) is 4.90 Å². The van der Waals surface area contributed by atoms with E-state index >= 15 is 0 Å². The van der Waals surface area contributed by atoms with Gasteiger partial charge in [-0.1, -0.05) is 0 Å². The molecule has 1 N–H and O–H groups in total. The fourth-order valence-corrected chi connectivity index (χ4v) is 2.95. The van der Waals surface area contributed by atoms with E-state index in [2.05, 4.69) is 0 Å². The van der Waals surface area contributed by atoms with Crippen LogP contribution in [0.1, 0.15) is 25.7 Å². The number of likely N-dealkylation sites (tertiary alicyclic amines) is 1. The van der Waals surface area contributed by atoms with Crippen molar-refractivity contribution >= 4 is 0 Å². The molecule has 21 heavy (non-hydrogen) atoms. The van der Waals surface area contributed by atoms with Crippen LogP contribution in [0, 0.1) is 5.92 Å². The monoisotopic (exact) mass is 311 g/mol. The topological polar surface area (TPSA) is 41.9 Å². The number of aliphatic hydroxyl groups is 1. The Hall–Kier alpha value is -0.370. The first-order chi connectivity index (χ1) is 9.95. The van der Waals surface area contributed by atoms with Gasteiger partial charge in [-0.25, -0.2) is 0 Å². The fourth-order valence-electron chi connectivity index (χ4n) is 2.95. The third-order valence-electron chi connectivity index (χ3n) is 4.08. The lowest BCUT2D eigenvalue weighted by molar-refractivity contribution is -0.187. The minimum Gasteiger partial charge on any atom is -0.389 e. The molecule has 0 saturated carbocycles. The first-order valence-corrected chi connectivity index (χ1v) is 7.61. The number of β-amino-alcohol motifs (C(OH)–C–C–N with tert-alkyl or cyclic N) is 1. The molecule has 3 unspecified atom stereocenters. The SMILES string of the molecule is OC(COCC1CCCO1)CN1CCCC(C(F)(F)F)C1. The highest BCUT2D eigenvalue weighted by Crippen LogP contribution is 2.33. The minimum absolute atomic E-state index is 0.0215. The number of hydrogen-bond acceptors (Lipinski definition) is 4. The predicted octanol–water partition coefficient (Wildman–Crippen LogP) is 1.82. The van der Waals surface area contributed by atoms with Gasteiger partial charge in [-0.15, -0.1) is 0 Å². The lowest BCUT2D eigenvalue weighted by Crippen LogP contribution is -2.45. The van der Waals surface area contributed by atoms with Crippen LogP contribution in [0.2, 0.25) is 0 Å². The lowest BCUT2D eigenvalue weighted by Gasteiger charge is -2.34. The second kappa shape index (κ2) is 7.76. The van der Waals surface area contributed by atoms with Gasteiger partial charge in [0.2, 0.25) is 0 Å². The molecule has 0 spiro atoms. The third-order valence-corrected chi connectivity index (χ3v) is 4.08. The van der Waals surface area contributed by atoms with Crippen molar-refractivity contribution < 1.29 is 27.8 Å². The number of nitrogens with zero attached hydrogens (tertiary/aromatic N) is 1. The van der Waals surface area contributed by atoms with Crippen molar-refractivity contribution in [3.05, 3.63) is 0 Å². The van der Waals surface area contributed by atoms with Crippen LogP contribution in [0.15, 0.2) is 0 Å². The smallest absolute Gasteiger partial charge is 0.389 e. The first kappa shape index (κ1) is 17.0. The van der Waals surface area contributed by atoms with Gasteiger partial charge in [0, 0.05) is 19.7 Å². The summed E-state index contributed by atoms with van der Waals surface area (Å²) in [6.07, 6.45) is -2.09. The molecule has 3 atom stereocenters. The maximum absolute atomic E-state index is 12.7. The number of hydrogen-bond donors (Lipinski definition) is 1. The summed E-state index contributed by atoms with van der Waals surface area (Å²) < 4.78 is 48.9. The van der Waals surface area contributed by atoms with Crippen molar-refractivity contribution in [2.45, 2.75) is 44.1 Å². The maximum Gasteiger partial charge on any atom is 0.393 e. The summed E-state index contributed by atoms with van der Waals surface area (Å²) in [6, 6.07) is 0. The molecule has 2 rings (SSSR count). The summed E-state index contributed by atoms with van der Waals surface area (Å²) in [6.45, 7) is 2.16. The predicted molar refractivity (Wildman–Crippen MR) is 71.0 cm³/mol. The van der Waals surface area contributed by atoms with Gasteiger partial charge in [-0.05, 0) is 32.2 Å². The molecule has 0 aliphatic carbocycles. The van der Waals surface area contributed by atoms with Crippen LogP contribution in [0.4, 0.5) is 13.2 Å². The molecular formula is C14H24F3NO3. The Labute approximate surface area is 123 Å². The van der Waals surface area contributed by atoms with Crippen molar-refractivity contribution in [1.29, 1.82) is 0 Å². The number of piperidine rings is 1. The van der Waals surface area contributed by atoms with Crippen molar-refractivity contribution in [3.8, 4) is 0 Å². The van der Waals surface area contributed by atoms with Crippen LogP contribution < -0.4 is 0 Å². The molecule has 0 amide bonds. The fraction of sp³-hybridized carbons (Fsp3) is 1.00. The van der Waals surface area contributed by atoms with Gasteiger partial charge in [0.25, 0.3) is 0 Å². The highest BCUT2D eigenvalue weighted by Gasteiger charge is 2.41. The molecule has 4 nitrogen and oxygen atoms in total. The number of ether oxygens (including phenoxy) is 2. The van der Waals surface area contributed by atoms with Gasteiger partial charge in [0.15, 0.2) is 0 Å². The van der Waals surface area contributed by atoms with Crippen LogP contribution >= 0.6 is 0 Å². The van der Waals surface area contributed by atoms with Crippen molar-refractivity contribution in [2.75, 3.05) is 39.5 Å². The number of halogens is 3. The molecular weight excluding hydrogens is 287 g/mol. The van der Waals surface area contributed by atoms with Crippen LogP contribution in [-0.2, 0) is 9.47 Å². The average molecular weight is 311 g/mol. The zero-order valence-electron chi connectivity index (χ0n) is 12.1. The van der Waals surface area contributed by atoms with E-state index < -0.39 is 18.2 Å². The van der Waals surface area contributed by atoms with Crippen molar-refractivity contribution in [2.24, 2.45) is 5.92 Å². The molecule has 0 aromatic rings. The number of aliphatic hydroxyl groups excluding tert-OH is 1. The molecule has 0 radical (unpaired) electrons. The molecule has 2 fully saturated rings. The van der Waals surface area contributed by atoms with Gasteiger partial charge in [0.05, 0.1) is 31.3 Å². The first-order valence-electron chi connectivity index (χ1n) is 7.61. The van der Waals surface area contributed by atoms with Crippen LogP contribution in [0.5, 0.6) is 0 Å². The Morgan fingerprint density at radius 1 is 1.29 bits per heavy atom. The van der Waals surface area contributed by atoms with E-state index in [1.165, 1.54) is 0 Å². The molecule has 124 valence electrons. The number of rotatable bonds is 6. The Balaban J connectivity index is 1.63. The highest BCUT2D eigenvalue weighted by molar-refractivity contribution is 4.79. The minimum atomic E-state index is -4.14. The summed E-state index contributed by atoms with van der Waals surface area (Å²) in [7, 11) is 0.